The molecule has 1 saturated heterocycles. The van der Waals surface area contributed by atoms with Gasteiger partial charge in [-0.3, -0.25) is 4.79 Å². The third-order valence-corrected chi connectivity index (χ3v) is 6.84. The van der Waals surface area contributed by atoms with Crippen molar-refractivity contribution in [3.63, 3.8) is 0 Å². The van der Waals surface area contributed by atoms with Crippen molar-refractivity contribution in [3.8, 4) is 0 Å². The van der Waals surface area contributed by atoms with Gasteiger partial charge in [-0.2, -0.15) is 0 Å². The average Bonchev–Trinajstić information content (AvgIpc) is 2.73. The van der Waals surface area contributed by atoms with Crippen molar-refractivity contribution in [1.29, 1.82) is 0 Å². The first kappa shape index (κ1) is 21.2. The number of aromatic nitrogens is 2. The highest BCUT2D eigenvalue weighted by Crippen LogP contribution is 2.31. The predicted octanol–water partition coefficient (Wildman–Crippen LogP) is 4.10. The van der Waals surface area contributed by atoms with Gasteiger partial charge >= 0.3 is 0 Å². The molecule has 1 aromatic carbocycles. The van der Waals surface area contributed by atoms with E-state index in [1.54, 1.807) is 30.5 Å². The normalized spacial score (nSPS) is 17.0. The Morgan fingerprint density at radius 3 is 2.55 bits per heavy atom. The first-order valence-electron chi connectivity index (χ1n) is 10.4. The van der Waals surface area contributed by atoms with Crippen molar-refractivity contribution in [2.75, 3.05) is 18.1 Å². The van der Waals surface area contributed by atoms with Gasteiger partial charge in [0.2, 0.25) is 0 Å². The highest BCUT2D eigenvalue weighted by Gasteiger charge is 2.27. The lowest BCUT2D eigenvalue weighted by Crippen LogP contribution is -2.42. The van der Waals surface area contributed by atoms with Gasteiger partial charge in [-0.05, 0) is 69.5 Å². The van der Waals surface area contributed by atoms with Crippen LogP contribution in [0.3, 0.4) is 0 Å². The summed E-state index contributed by atoms with van der Waals surface area (Å²) in [5.74, 6) is -0.0579. The maximum Gasteiger partial charge on any atom is 0.257 e. The van der Waals surface area contributed by atoms with Crippen molar-refractivity contribution in [2.24, 2.45) is 0 Å². The summed E-state index contributed by atoms with van der Waals surface area (Å²) in [5.41, 5.74) is 3.19. The lowest BCUT2D eigenvalue weighted by Gasteiger charge is -2.34. The fraction of sp³-hybridized carbons (Fsp3) is 0.348. The minimum atomic E-state index is -3.28. The van der Waals surface area contributed by atoms with Gasteiger partial charge in [0.25, 0.3) is 5.91 Å². The topological polar surface area (TPSA) is 92.3 Å². The Hall–Kier alpha value is -3.00. The minimum absolute atomic E-state index is 0.0579. The van der Waals surface area contributed by atoms with E-state index in [-0.39, 0.29) is 16.8 Å². The monoisotopic (exact) mass is 438 g/mol. The van der Waals surface area contributed by atoms with Crippen LogP contribution >= 0.6 is 0 Å². The molecule has 8 heteroatoms. The van der Waals surface area contributed by atoms with Crippen LogP contribution < -0.4 is 5.32 Å². The lowest BCUT2D eigenvalue weighted by molar-refractivity contribution is 0.0636. The molecule has 7 nitrogen and oxygen atoms in total. The SMILES string of the molecule is Cc1ccc2c(Nc3ccc(S(C)(=O)=O)cc3)c(C(=O)N3CCCC[C@H]3C)cnc2n1. The Labute approximate surface area is 182 Å². The summed E-state index contributed by atoms with van der Waals surface area (Å²) in [5, 5.41) is 4.07. The number of amides is 1. The number of benzene rings is 1. The van der Waals surface area contributed by atoms with Crippen molar-refractivity contribution >= 4 is 38.2 Å². The molecule has 1 N–H and O–H groups in total. The summed E-state index contributed by atoms with van der Waals surface area (Å²) in [6.07, 6.45) is 5.88. The zero-order valence-electron chi connectivity index (χ0n) is 17.9. The zero-order valence-corrected chi connectivity index (χ0v) is 18.7. The number of carbonyl (C=O) groups is 1. The first-order chi connectivity index (χ1) is 14.7. The van der Waals surface area contributed by atoms with E-state index in [1.165, 1.54) is 6.26 Å². The number of likely N-dealkylation sites (tertiary alicyclic amines) is 1. The van der Waals surface area contributed by atoms with Crippen LogP contribution in [-0.4, -0.2) is 48.0 Å². The number of sulfone groups is 1. The van der Waals surface area contributed by atoms with Crippen LogP contribution in [0.5, 0.6) is 0 Å². The number of nitrogens with one attached hydrogen (secondary N) is 1. The largest absolute Gasteiger partial charge is 0.354 e. The van der Waals surface area contributed by atoms with Gasteiger partial charge in [-0.15, -0.1) is 0 Å². The van der Waals surface area contributed by atoms with Crippen LogP contribution in [0.4, 0.5) is 11.4 Å². The Balaban J connectivity index is 1.79. The third-order valence-electron chi connectivity index (χ3n) is 5.72. The maximum absolute atomic E-state index is 13.5. The van der Waals surface area contributed by atoms with E-state index in [1.807, 2.05) is 24.0 Å². The average molecular weight is 439 g/mol. The molecular weight excluding hydrogens is 412 g/mol. The molecule has 4 rings (SSSR count). The number of hydrogen-bond donors (Lipinski definition) is 1. The number of anilines is 2. The van der Waals surface area contributed by atoms with Crippen LogP contribution in [0.2, 0.25) is 0 Å². The number of pyridine rings is 2. The Morgan fingerprint density at radius 1 is 1.13 bits per heavy atom. The van der Waals surface area contributed by atoms with Gasteiger partial charge in [0.15, 0.2) is 15.5 Å². The summed E-state index contributed by atoms with van der Waals surface area (Å²) in [6.45, 7) is 4.70. The summed E-state index contributed by atoms with van der Waals surface area (Å²) in [7, 11) is -3.28. The summed E-state index contributed by atoms with van der Waals surface area (Å²) in [6, 6.07) is 10.5. The highest BCUT2D eigenvalue weighted by molar-refractivity contribution is 7.90. The fourth-order valence-electron chi connectivity index (χ4n) is 3.95. The van der Waals surface area contributed by atoms with Gasteiger partial charge in [-0.1, -0.05) is 0 Å². The van der Waals surface area contributed by atoms with Gasteiger partial charge in [0, 0.05) is 41.8 Å². The number of rotatable bonds is 4. The van der Waals surface area contributed by atoms with E-state index < -0.39 is 9.84 Å². The van der Waals surface area contributed by atoms with Crippen LogP contribution in [0.25, 0.3) is 11.0 Å². The summed E-state index contributed by atoms with van der Waals surface area (Å²) >= 11 is 0. The molecule has 31 heavy (non-hydrogen) atoms. The molecule has 0 aliphatic carbocycles. The number of carbonyl (C=O) groups excluding carboxylic acids is 1. The molecule has 3 heterocycles. The quantitative estimate of drug-likeness (QED) is 0.659. The fourth-order valence-corrected chi connectivity index (χ4v) is 4.58. The van der Waals surface area contributed by atoms with Crippen molar-refractivity contribution < 1.29 is 13.2 Å². The standard InChI is InChI=1S/C23H26N4O3S/c1-15-7-12-19-21(26-17-8-10-18(11-9-17)31(3,29)30)20(14-24-22(19)25-15)23(28)27-13-5-4-6-16(27)2/h7-12,14,16H,4-6,13H2,1-3H3,(H,24,25,26)/t16-/m1/s1. The Bertz CT molecular complexity index is 1240. The van der Waals surface area contributed by atoms with Crippen LogP contribution in [0.15, 0.2) is 47.5 Å². The predicted molar refractivity (Wildman–Crippen MR) is 121 cm³/mol. The highest BCUT2D eigenvalue weighted by atomic mass is 32.2. The molecule has 0 unspecified atom stereocenters. The molecule has 0 bridgehead atoms. The van der Waals surface area contributed by atoms with Crippen LogP contribution in [0.1, 0.15) is 42.2 Å². The molecular formula is C23H26N4O3S. The van der Waals surface area contributed by atoms with Crippen LogP contribution in [-0.2, 0) is 9.84 Å². The van der Waals surface area contributed by atoms with E-state index in [0.29, 0.717) is 22.6 Å². The number of fused-ring (bicyclic) bond motifs is 1. The lowest BCUT2D eigenvalue weighted by atomic mass is 10.0. The van der Waals surface area contributed by atoms with E-state index in [4.69, 9.17) is 0 Å². The molecule has 2 aromatic heterocycles. The molecule has 1 aliphatic rings. The van der Waals surface area contributed by atoms with Gasteiger partial charge in [0.05, 0.1) is 16.1 Å². The molecule has 3 aromatic rings. The molecule has 0 saturated carbocycles. The molecule has 1 fully saturated rings. The van der Waals surface area contributed by atoms with Gasteiger partial charge in [0.1, 0.15) is 0 Å². The maximum atomic E-state index is 13.5. The third kappa shape index (κ3) is 4.39. The van der Waals surface area contributed by atoms with Crippen molar-refractivity contribution in [3.05, 3.63) is 53.9 Å². The second-order valence-corrected chi connectivity index (χ2v) is 10.2. The molecule has 1 aliphatic heterocycles. The molecule has 162 valence electrons. The number of nitrogens with zero attached hydrogens (tertiary/aromatic N) is 3. The first-order valence-corrected chi connectivity index (χ1v) is 12.3. The van der Waals surface area contributed by atoms with E-state index >= 15 is 0 Å². The second kappa shape index (κ2) is 8.26. The van der Waals surface area contributed by atoms with Crippen molar-refractivity contribution in [2.45, 2.75) is 44.0 Å². The van der Waals surface area contributed by atoms with Crippen molar-refractivity contribution in [1.82, 2.24) is 14.9 Å². The smallest absolute Gasteiger partial charge is 0.257 e. The minimum Gasteiger partial charge on any atom is -0.354 e. The molecule has 1 atom stereocenters. The Morgan fingerprint density at radius 2 is 1.87 bits per heavy atom. The van der Waals surface area contributed by atoms with E-state index in [2.05, 4.69) is 22.2 Å². The second-order valence-electron chi connectivity index (χ2n) is 8.14. The number of hydrogen-bond acceptors (Lipinski definition) is 6. The van der Waals surface area contributed by atoms with E-state index in [0.717, 1.165) is 36.9 Å². The molecule has 0 radical (unpaired) electrons. The zero-order chi connectivity index (χ0) is 22.2. The number of aryl methyl sites for hydroxylation is 1. The van der Waals surface area contributed by atoms with Crippen LogP contribution in [0, 0.1) is 6.92 Å². The molecule has 0 spiro atoms. The summed E-state index contributed by atoms with van der Waals surface area (Å²) < 4.78 is 23.5. The molecule has 1 amide bonds. The summed E-state index contributed by atoms with van der Waals surface area (Å²) in [4.78, 5) is 24.6. The van der Waals surface area contributed by atoms with Gasteiger partial charge in [-0.25, -0.2) is 18.4 Å². The Kier molecular flexibility index (Phi) is 5.66. The van der Waals surface area contributed by atoms with E-state index in [9.17, 15) is 13.2 Å². The van der Waals surface area contributed by atoms with Gasteiger partial charge < -0.3 is 10.2 Å². The number of piperidine rings is 1.